The molecular weight excluding hydrogens is 648 g/mol. The van der Waals surface area contributed by atoms with Crippen molar-refractivity contribution < 1.29 is 89.1 Å². The van der Waals surface area contributed by atoms with Crippen molar-refractivity contribution in [2.24, 2.45) is 0 Å². The maximum absolute atomic E-state index is 11.7. The monoisotopic (exact) mass is 683 g/mol. The van der Waals surface area contributed by atoms with Crippen molar-refractivity contribution in [2.45, 2.75) is 73.9 Å². The van der Waals surface area contributed by atoms with Gasteiger partial charge in [0.1, 0.15) is 84.7 Å². The summed E-state index contributed by atoms with van der Waals surface area (Å²) in [4.78, 5) is 22.5. The molecular formula is C30H35O18+. The lowest BCUT2D eigenvalue weighted by Crippen LogP contribution is -2.60. The fourth-order valence-electron chi connectivity index (χ4n) is 5.29. The molecule has 11 atom stereocenters. The molecule has 0 aliphatic carbocycles. The standard InChI is InChI=1S/C30H34O18/c31-9-18-22(37)24(39)26(41)30(47-18)46-17-7-14-15(44-28(17)11-1-3-12(32)4-2-11)5-13(33)6-16(14)45-29-27(42)25(40)23(38)19(48-29)10-43-21(36)8-20(34)35/h1-7,18-19,22-33,37-42H,8-10H2,(H,34,35)/p+1/t18-,19-,22-,23-,24+,25+,26+,27-,28?,29-,30-/m1/s1. The second-order valence-electron chi connectivity index (χ2n) is 11.2. The minimum absolute atomic E-state index is 0.0446. The first-order chi connectivity index (χ1) is 22.8. The smallest absolute Gasteiger partial charge is 0.317 e. The van der Waals surface area contributed by atoms with Gasteiger partial charge in [-0.15, -0.1) is 0 Å². The molecule has 2 aromatic rings. The molecule has 262 valence electrons. The number of carbonyl (C=O) groups is 2. The largest absolute Gasteiger partial charge is 0.571 e. The number of phenols is 2. The molecule has 1 unspecified atom stereocenters. The molecule has 0 aromatic heterocycles. The average Bonchev–Trinajstić information content (AvgIpc) is 3.04. The van der Waals surface area contributed by atoms with Crippen molar-refractivity contribution in [2.75, 3.05) is 13.2 Å². The Balaban J connectivity index is 1.46. The molecule has 0 spiro atoms. The summed E-state index contributed by atoms with van der Waals surface area (Å²) < 4.78 is 32.3. The lowest BCUT2D eigenvalue weighted by Gasteiger charge is -2.41. The molecule has 48 heavy (non-hydrogen) atoms. The fourth-order valence-corrected chi connectivity index (χ4v) is 5.29. The van der Waals surface area contributed by atoms with Crippen molar-refractivity contribution in [1.82, 2.24) is 0 Å². The van der Waals surface area contributed by atoms with Gasteiger partial charge in [-0.25, -0.2) is 0 Å². The quantitative estimate of drug-likeness (QED) is 0.0701. The van der Waals surface area contributed by atoms with Gasteiger partial charge in [0.2, 0.25) is 12.6 Å². The van der Waals surface area contributed by atoms with Crippen LogP contribution in [0.25, 0.3) is 6.08 Å². The molecule has 0 saturated carbocycles. The predicted molar refractivity (Wildman–Crippen MR) is 154 cm³/mol. The maximum Gasteiger partial charge on any atom is 0.317 e. The molecule has 2 fully saturated rings. The van der Waals surface area contributed by atoms with Crippen molar-refractivity contribution in [3.8, 4) is 23.0 Å². The third-order valence-corrected chi connectivity index (χ3v) is 7.85. The van der Waals surface area contributed by atoms with E-state index in [2.05, 4.69) is 4.74 Å². The zero-order valence-electron chi connectivity index (χ0n) is 24.8. The van der Waals surface area contributed by atoms with E-state index in [9.17, 15) is 55.5 Å². The van der Waals surface area contributed by atoms with Crippen LogP contribution in [-0.4, -0.2) is 142 Å². The molecule has 5 rings (SSSR count). The number of carboxylic acids is 1. The Bertz CT molecular complexity index is 1490. The molecule has 11 N–H and O–H groups in total. The molecule has 3 heterocycles. The van der Waals surface area contributed by atoms with Crippen LogP contribution in [0.15, 0.2) is 42.2 Å². The average molecular weight is 684 g/mol. The Morgan fingerprint density at radius 1 is 0.771 bits per heavy atom. The van der Waals surface area contributed by atoms with Crippen LogP contribution in [0.1, 0.15) is 23.7 Å². The normalized spacial score (nSPS) is 33.1. The maximum atomic E-state index is 11.7. The van der Waals surface area contributed by atoms with Crippen molar-refractivity contribution in [3.05, 3.63) is 53.3 Å². The summed E-state index contributed by atoms with van der Waals surface area (Å²) in [5.41, 5.74) is 0.548. The summed E-state index contributed by atoms with van der Waals surface area (Å²) in [6.07, 6.45) is -17.6. The summed E-state index contributed by atoms with van der Waals surface area (Å²) in [5, 5.41) is 101. The van der Waals surface area contributed by atoms with Gasteiger partial charge >= 0.3 is 11.9 Å². The van der Waals surface area contributed by atoms with Crippen LogP contribution in [0, 0.1) is 0 Å². The van der Waals surface area contributed by atoms with Gasteiger partial charge in [0, 0.05) is 12.1 Å². The van der Waals surface area contributed by atoms with E-state index in [0.29, 0.717) is 5.56 Å². The summed E-state index contributed by atoms with van der Waals surface area (Å²) in [5.74, 6) is -3.18. The summed E-state index contributed by atoms with van der Waals surface area (Å²) in [7, 11) is 0. The second kappa shape index (κ2) is 14.5. The van der Waals surface area contributed by atoms with Crippen LogP contribution in [0.5, 0.6) is 23.0 Å². The number of phenolic OH excluding ortho intramolecular Hbond substituents is 2. The van der Waals surface area contributed by atoms with E-state index >= 15 is 0 Å². The first kappa shape index (κ1) is 35.1. The Hall–Kier alpha value is -4.24. The van der Waals surface area contributed by atoms with E-state index in [0.717, 1.165) is 6.07 Å². The molecule has 0 bridgehead atoms. The Labute approximate surface area is 270 Å². The SMILES string of the molecule is O=C(O)CC(=O)OC[C@H]1O[C@@H](Oc2cc(O)cc3c2C=C(O[C@@H]2O[C@H](CO)[C@@H](O)[C@H](O)[C@@H]2O)C(c2ccc(O)cc2)[OH+]3)[C@H](O)[C@@H](O)[C@@H]1O. The number of hydrogen-bond donors (Lipinski definition) is 10. The minimum atomic E-state index is -1.89. The molecule has 18 heteroatoms. The van der Waals surface area contributed by atoms with Crippen LogP contribution < -0.4 is 4.74 Å². The number of ether oxygens (including phenoxy) is 6. The van der Waals surface area contributed by atoms with Gasteiger partial charge in [0.15, 0.2) is 5.76 Å². The van der Waals surface area contributed by atoms with Crippen LogP contribution in [0.4, 0.5) is 0 Å². The fraction of sp³-hybridized carbons (Fsp3) is 0.467. The first-order valence-electron chi connectivity index (χ1n) is 14.6. The Morgan fingerprint density at radius 2 is 1.38 bits per heavy atom. The number of carbonyl (C=O) groups excluding carboxylic acids is 1. The van der Waals surface area contributed by atoms with Crippen LogP contribution in [0.2, 0.25) is 0 Å². The molecule has 3 aliphatic rings. The van der Waals surface area contributed by atoms with Crippen molar-refractivity contribution >= 4 is 18.0 Å². The minimum Gasteiger partial charge on any atom is -0.571 e. The number of carboxylic acid groups (broad SMARTS) is 1. The highest BCUT2D eigenvalue weighted by molar-refractivity contribution is 5.90. The van der Waals surface area contributed by atoms with Crippen LogP contribution in [-0.2, 0) is 28.5 Å². The number of rotatable bonds is 10. The lowest BCUT2D eigenvalue weighted by atomic mass is 9.98. The van der Waals surface area contributed by atoms with Crippen molar-refractivity contribution in [1.29, 1.82) is 0 Å². The van der Waals surface area contributed by atoms with Gasteiger partial charge < -0.3 is 79.5 Å². The number of esters is 1. The highest BCUT2D eigenvalue weighted by atomic mass is 16.7. The molecule has 2 aromatic carbocycles. The van der Waals surface area contributed by atoms with Gasteiger partial charge in [0.25, 0.3) is 11.9 Å². The van der Waals surface area contributed by atoms with Gasteiger partial charge in [0.05, 0.1) is 18.2 Å². The number of aliphatic hydroxyl groups excluding tert-OH is 7. The second-order valence-corrected chi connectivity index (χ2v) is 11.2. The van der Waals surface area contributed by atoms with E-state index in [1.165, 1.54) is 36.4 Å². The lowest BCUT2D eigenvalue weighted by molar-refractivity contribution is -0.295. The third kappa shape index (κ3) is 7.41. The molecule has 2 saturated heterocycles. The van der Waals surface area contributed by atoms with E-state index in [1.54, 1.807) is 0 Å². The topological polar surface area (TPSA) is 295 Å². The molecule has 0 radical (unpaired) electrons. The Morgan fingerprint density at radius 3 is 2.00 bits per heavy atom. The molecule has 18 nitrogen and oxygen atoms in total. The van der Waals surface area contributed by atoms with E-state index in [-0.39, 0.29) is 34.3 Å². The summed E-state index contributed by atoms with van der Waals surface area (Å²) in [6, 6.07) is 8.15. The predicted octanol–water partition coefficient (Wildman–Crippen LogP) is -2.54. The zero-order chi connectivity index (χ0) is 34.9. The van der Waals surface area contributed by atoms with Gasteiger partial charge in [-0.3, -0.25) is 9.59 Å². The van der Waals surface area contributed by atoms with Gasteiger partial charge in [-0.1, -0.05) is 0 Å². The summed E-state index contributed by atoms with van der Waals surface area (Å²) >= 11 is 0. The highest BCUT2D eigenvalue weighted by Crippen LogP contribution is 2.46. The molecule has 0 amide bonds. The van der Waals surface area contributed by atoms with Crippen LogP contribution in [0.3, 0.4) is 0 Å². The van der Waals surface area contributed by atoms with Gasteiger partial charge in [-0.05, 0) is 24.3 Å². The third-order valence-electron chi connectivity index (χ3n) is 7.85. The number of benzene rings is 2. The van der Waals surface area contributed by atoms with E-state index in [4.69, 9.17) is 28.8 Å². The number of hydrogen-bond acceptors (Lipinski definition) is 16. The Kier molecular flexibility index (Phi) is 10.6. The molecule has 3 aliphatic heterocycles. The number of fused-ring (bicyclic) bond motifs is 1. The zero-order valence-corrected chi connectivity index (χ0v) is 24.8. The van der Waals surface area contributed by atoms with Crippen molar-refractivity contribution in [3.63, 3.8) is 0 Å². The number of aliphatic hydroxyl groups is 8. The van der Waals surface area contributed by atoms with E-state index < -0.39 is 99.1 Å². The summed E-state index contributed by atoms with van der Waals surface area (Å²) in [6.45, 7) is -1.44. The first-order valence-corrected chi connectivity index (χ1v) is 14.6. The number of aliphatic carboxylic acids is 1. The number of aromatic hydroxyl groups is 3. The van der Waals surface area contributed by atoms with Crippen LogP contribution >= 0.6 is 0 Å². The van der Waals surface area contributed by atoms with Gasteiger partial charge in [-0.2, -0.15) is 0 Å². The highest BCUT2D eigenvalue weighted by Gasteiger charge is 2.48. The van der Waals surface area contributed by atoms with E-state index in [1.807, 2.05) is 0 Å².